The van der Waals surface area contributed by atoms with Gasteiger partial charge in [0, 0.05) is 38.5 Å². The molecule has 3 aliphatic heterocycles. The van der Waals surface area contributed by atoms with Crippen molar-refractivity contribution in [1.82, 2.24) is 9.80 Å². The number of aliphatic hydroxyl groups is 1. The Labute approximate surface area is 238 Å². The van der Waals surface area contributed by atoms with Crippen molar-refractivity contribution in [1.29, 1.82) is 0 Å². The van der Waals surface area contributed by atoms with Gasteiger partial charge < -0.3 is 24.5 Å². The van der Waals surface area contributed by atoms with Crippen molar-refractivity contribution in [3.8, 4) is 0 Å². The average Bonchev–Trinajstić information content (AvgIpc) is 3.57. The molecule has 2 bridgehead atoms. The van der Waals surface area contributed by atoms with E-state index in [1.54, 1.807) is 26.9 Å². The van der Waals surface area contributed by atoms with Crippen LogP contribution in [0.4, 0.5) is 5.69 Å². The lowest BCUT2D eigenvalue weighted by molar-refractivity contribution is -0.152. The van der Waals surface area contributed by atoms with Crippen molar-refractivity contribution in [3.05, 3.63) is 55.6 Å². The molecular formula is C32H45N3O5. The number of unbranched alkanes of at least 4 members (excludes halogenated alkanes) is 2. The molecule has 0 saturated carbocycles. The summed E-state index contributed by atoms with van der Waals surface area (Å²) in [7, 11) is 0. The summed E-state index contributed by atoms with van der Waals surface area (Å²) in [4.78, 5) is 48.2. The summed E-state index contributed by atoms with van der Waals surface area (Å²) in [6, 6.07) is 8.58. The first-order chi connectivity index (χ1) is 19.4. The number of hydrogen-bond acceptors (Lipinski definition) is 5. The quantitative estimate of drug-likeness (QED) is 0.263. The molecule has 1 aromatic carbocycles. The lowest BCUT2D eigenvalue weighted by Crippen LogP contribution is -2.56. The van der Waals surface area contributed by atoms with E-state index in [-0.39, 0.29) is 30.9 Å². The summed E-state index contributed by atoms with van der Waals surface area (Å²) in [6.07, 6.45) is 8.35. The molecule has 0 radical (unpaired) electrons. The smallest absolute Gasteiger partial charge is 0.248 e. The molecule has 3 fully saturated rings. The van der Waals surface area contributed by atoms with Crippen LogP contribution in [0.1, 0.15) is 58.8 Å². The maximum absolute atomic E-state index is 14.5. The van der Waals surface area contributed by atoms with E-state index in [9.17, 15) is 19.5 Å². The van der Waals surface area contributed by atoms with Crippen LogP contribution in [0.3, 0.4) is 0 Å². The van der Waals surface area contributed by atoms with Gasteiger partial charge in [0.05, 0.1) is 17.4 Å². The minimum absolute atomic E-state index is 0.0987. The van der Waals surface area contributed by atoms with Crippen molar-refractivity contribution in [3.63, 3.8) is 0 Å². The topological polar surface area (TPSA) is 90.4 Å². The molecule has 3 amide bonds. The van der Waals surface area contributed by atoms with E-state index in [0.717, 1.165) is 24.9 Å². The molecule has 0 aromatic heterocycles. The number of hydrogen-bond donors (Lipinski definition) is 1. The minimum atomic E-state index is -1.08. The molecule has 8 nitrogen and oxygen atoms in total. The number of likely N-dealkylation sites (tertiary alicyclic amines) is 1. The summed E-state index contributed by atoms with van der Waals surface area (Å²) in [6.45, 7) is 13.2. The maximum atomic E-state index is 14.5. The van der Waals surface area contributed by atoms with E-state index in [2.05, 4.69) is 20.1 Å². The van der Waals surface area contributed by atoms with Crippen molar-refractivity contribution in [2.75, 3.05) is 37.7 Å². The second-order valence-corrected chi connectivity index (χ2v) is 11.3. The van der Waals surface area contributed by atoms with Gasteiger partial charge >= 0.3 is 0 Å². The monoisotopic (exact) mass is 551 g/mol. The number of rotatable bonds is 15. The average molecular weight is 552 g/mol. The molecular weight excluding hydrogens is 506 g/mol. The second kappa shape index (κ2) is 12.7. The first kappa shape index (κ1) is 30.0. The van der Waals surface area contributed by atoms with Gasteiger partial charge in [0.25, 0.3) is 0 Å². The summed E-state index contributed by atoms with van der Waals surface area (Å²) >= 11 is 0. The summed E-state index contributed by atoms with van der Waals surface area (Å²) in [5.74, 6) is -2.04. The molecule has 3 heterocycles. The van der Waals surface area contributed by atoms with Crippen LogP contribution in [-0.4, -0.2) is 82.7 Å². The number of carbonyl (C=O) groups excluding carboxylic acids is 3. The second-order valence-electron chi connectivity index (χ2n) is 11.3. The summed E-state index contributed by atoms with van der Waals surface area (Å²) < 4.78 is 6.92. The molecule has 0 aliphatic carbocycles. The summed E-state index contributed by atoms with van der Waals surface area (Å²) in [5.41, 5.74) is -1.17. The first-order valence-corrected chi connectivity index (χ1v) is 14.8. The van der Waals surface area contributed by atoms with E-state index < -0.39 is 29.1 Å². The number of ether oxygens (including phenoxy) is 1. The van der Waals surface area contributed by atoms with E-state index >= 15 is 0 Å². The van der Waals surface area contributed by atoms with Crippen LogP contribution in [0.15, 0.2) is 55.6 Å². The molecule has 8 heteroatoms. The number of anilines is 1. The molecule has 40 heavy (non-hydrogen) atoms. The fourth-order valence-corrected chi connectivity index (χ4v) is 7.25. The summed E-state index contributed by atoms with van der Waals surface area (Å²) in [5, 5.41) is 9.64. The number of benzene rings is 1. The highest BCUT2D eigenvalue weighted by Crippen LogP contribution is 2.64. The van der Waals surface area contributed by atoms with Gasteiger partial charge in [-0.3, -0.25) is 14.4 Å². The van der Waals surface area contributed by atoms with E-state index in [1.807, 2.05) is 37.3 Å². The number of carbonyl (C=O) groups is 3. The zero-order chi connectivity index (χ0) is 28.9. The highest BCUT2D eigenvalue weighted by atomic mass is 16.5. The van der Waals surface area contributed by atoms with Crippen LogP contribution in [0.5, 0.6) is 0 Å². The van der Waals surface area contributed by atoms with Crippen molar-refractivity contribution >= 4 is 23.4 Å². The number of amides is 3. The predicted octanol–water partition coefficient (Wildman–Crippen LogP) is 3.95. The first-order valence-electron chi connectivity index (χ1n) is 14.8. The third kappa shape index (κ3) is 5.00. The zero-order valence-electron chi connectivity index (χ0n) is 24.1. The molecule has 1 spiro atoms. The maximum Gasteiger partial charge on any atom is 0.248 e. The lowest BCUT2D eigenvalue weighted by Gasteiger charge is -2.37. The molecule has 3 saturated heterocycles. The van der Waals surface area contributed by atoms with E-state index in [4.69, 9.17) is 4.74 Å². The Bertz CT molecular complexity index is 1090. The molecule has 5 atom stereocenters. The fraction of sp³-hybridized carbons (Fsp3) is 0.594. The lowest BCUT2D eigenvalue weighted by atomic mass is 9.64. The van der Waals surface area contributed by atoms with Gasteiger partial charge in [0.1, 0.15) is 11.6 Å². The van der Waals surface area contributed by atoms with Gasteiger partial charge in [-0.15, -0.1) is 13.2 Å². The number of aliphatic hydroxyl groups excluding tert-OH is 1. The largest absolute Gasteiger partial charge is 0.396 e. The standard InChI is InChI=1S/C32H45N3O5/c1-5-9-13-21-33(19-6-2)30(39)27-32-18-17-31(8-4,40-32)25(26(32)29(38)35(27)22-14-23-36)28(37)34(20-7-3)24-15-11-10-12-16-24/h6-7,10-12,15-16,25-27,36H,2-3,5,8-9,13-14,17-23H2,1,4H3/t25-,26-,27?,31+,32?/m0/s1. The van der Waals surface area contributed by atoms with Gasteiger partial charge in [0.15, 0.2) is 0 Å². The van der Waals surface area contributed by atoms with Gasteiger partial charge in [-0.05, 0) is 44.2 Å². The number of para-hydroxylation sites is 1. The highest BCUT2D eigenvalue weighted by Gasteiger charge is 2.79. The SMILES string of the molecule is C=CCN(CCCCC)C(=O)C1N(CCCO)C(=O)[C@@H]2[C@@H](C(=O)N(CC=C)c3ccccc3)[C@@]3(CC)CCC12O3. The van der Waals surface area contributed by atoms with Crippen molar-refractivity contribution < 1.29 is 24.2 Å². The van der Waals surface area contributed by atoms with Crippen LogP contribution in [0.25, 0.3) is 0 Å². The van der Waals surface area contributed by atoms with Gasteiger partial charge in [-0.2, -0.15) is 0 Å². The van der Waals surface area contributed by atoms with Gasteiger partial charge in [-0.1, -0.05) is 57.0 Å². The molecule has 1 N–H and O–H groups in total. The number of nitrogens with zero attached hydrogens (tertiary/aromatic N) is 3. The van der Waals surface area contributed by atoms with Gasteiger partial charge in [0.2, 0.25) is 17.7 Å². The molecule has 218 valence electrons. The van der Waals surface area contributed by atoms with E-state index in [1.165, 1.54) is 0 Å². The fourth-order valence-electron chi connectivity index (χ4n) is 7.25. The zero-order valence-corrected chi connectivity index (χ0v) is 24.1. The minimum Gasteiger partial charge on any atom is -0.396 e. The van der Waals surface area contributed by atoms with Crippen molar-refractivity contribution in [2.45, 2.75) is 76.0 Å². The van der Waals surface area contributed by atoms with Crippen LogP contribution in [-0.2, 0) is 19.1 Å². The molecule has 3 aliphatic rings. The van der Waals surface area contributed by atoms with Crippen LogP contribution in [0, 0.1) is 11.8 Å². The van der Waals surface area contributed by atoms with Crippen LogP contribution < -0.4 is 4.90 Å². The van der Waals surface area contributed by atoms with E-state index in [0.29, 0.717) is 45.3 Å². The molecule has 4 rings (SSSR count). The predicted molar refractivity (Wildman–Crippen MR) is 156 cm³/mol. The normalized spacial score (nSPS) is 28.4. The Hall–Kier alpha value is -2.97. The Morgan fingerprint density at radius 2 is 1.80 bits per heavy atom. The molecule has 2 unspecified atom stereocenters. The highest BCUT2D eigenvalue weighted by molar-refractivity contribution is 6.03. The Kier molecular flexibility index (Phi) is 9.52. The van der Waals surface area contributed by atoms with Gasteiger partial charge in [-0.25, -0.2) is 0 Å². The van der Waals surface area contributed by atoms with Crippen LogP contribution in [0.2, 0.25) is 0 Å². The Balaban J connectivity index is 1.77. The number of fused-ring (bicyclic) bond motifs is 1. The van der Waals surface area contributed by atoms with Crippen molar-refractivity contribution in [2.24, 2.45) is 11.8 Å². The third-order valence-corrected chi connectivity index (χ3v) is 9.08. The Morgan fingerprint density at radius 3 is 2.42 bits per heavy atom. The third-order valence-electron chi connectivity index (χ3n) is 9.08. The van der Waals surface area contributed by atoms with Crippen LogP contribution >= 0.6 is 0 Å². The Morgan fingerprint density at radius 1 is 1.07 bits per heavy atom. The molecule has 1 aromatic rings.